The van der Waals surface area contributed by atoms with Crippen LogP contribution in [0, 0.1) is 6.92 Å². The molecule has 20 heavy (non-hydrogen) atoms. The van der Waals surface area contributed by atoms with Crippen molar-refractivity contribution in [1.29, 1.82) is 0 Å². The summed E-state index contributed by atoms with van der Waals surface area (Å²) in [6.07, 6.45) is 0. The molecule has 0 aliphatic rings. The van der Waals surface area contributed by atoms with E-state index in [1.165, 1.54) is 0 Å². The fraction of sp³-hybridized carbons (Fsp3) is 0.0714. The van der Waals surface area contributed by atoms with Crippen molar-refractivity contribution in [1.82, 2.24) is 0 Å². The monoisotopic (exact) mass is 309 g/mol. The summed E-state index contributed by atoms with van der Waals surface area (Å²) in [6.45, 7) is 1.87. The second-order valence-electron chi connectivity index (χ2n) is 4.34. The molecule has 5 N–H and O–H groups in total. The van der Waals surface area contributed by atoms with E-state index in [4.69, 9.17) is 34.7 Å². The van der Waals surface area contributed by atoms with Crippen molar-refractivity contribution in [3.63, 3.8) is 0 Å². The Morgan fingerprint density at radius 3 is 2.55 bits per heavy atom. The third-order valence-corrected chi connectivity index (χ3v) is 3.68. The summed E-state index contributed by atoms with van der Waals surface area (Å²) in [5, 5.41) is 4.01. The number of nitrogens with two attached hydrogens (primary N) is 2. The number of hydrogen-bond donors (Lipinski definition) is 3. The molecular weight excluding hydrogens is 297 g/mol. The number of carbonyl (C=O) groups excluding carboxylic acids is 1. The van der Waals surface area contributed by atoms with Crippen LogP contribution in [0.2, 0.25) is 10.0 Å². The normalized spacial score (nSPS) is 10.3. The number of anilines is 3. The molecule has 0 unspecified atom stereocenters. The highest BCUT2D eigenvalue weighted by atomic mass is 35.5. The Hall–Kier alpha value is -1.91. The second-order valence-corrected chi connectivity index (χ2v) is 5.13. The van der Waals surface area contributed by atoms with Crippen LogP contribution < -0.4 is 16.8 Å². The van der Waals surface area contributed by atoms with Crippen LogP contribution in [0.25, 0.3) is 0 Å². The maximum absolute atomic E-state index is 11.2. The predicted molar refractivity (Wildman–Crippen MR) is 83.9 cm³/mol. The lowest BCUT2D eigenvalue weighted by atomic mass is 10.1. The van der Waals surface area contributed by atoms with E-state index in [-0.39, 0.29) is 0 Å². The van der Waals surface area contributed by atoms with Gasteiger partial charge >= 0.3 is 0 Å². The van der Waals surface area contributed by atoms with Crippen LogP contribution in [-0.4, -0.2) is 5.91 Å². The first-order valence-electron chi connectivity index (χ1n) is 5.81. The topological polar surface area (TPSA) is 81.1 Å². The Morgan fingerprint density at radius 2 is 1.90 bits per heavy atom. The summed E-state index contributed by atoms with van der Waals surface area (Å²) < 4.78 is 0. The fourth-order valence-electron chi connectivity index (χ4n) is 1.72. The number of primary amides is 1. The lowest BCUT2D eigenvalue weighted by Gasteiger charge is -2.14. The van der Waals surface area contributed by atoms with Gasteiger partial charge in [0.25, 0.3) is 0 Å². The highest BCUT2D eigenvalue weighted by molar-refractivity contribution is 6.39. The number of halogens is 2. The maximum Gasteiger partial charge on any atom is 0.248 e. The third-order valence-electron chi connectivity index (χ3n) is 2.88. The minimum atomic E-state index is -0.533. The molecule has 6 heteroatoms. The molecule has 0 aromatic heterocycles. The molecule has 2 aromatic carbocycles. The average molecular weight is 310 g/mol. The van der Waals surface area contributed by atoms with Crippen molar-refractivity contribution >= 4 is 46.2 Å². The molecule has 2 rings (SSSR count). The molecule has 104 valence electrons. The Morgan fingerprint density at radius 1 is 1.20 bits per heavy atom. The van der Waals surface area contributed by atoms with E-state index in [1.807, 2.05) is 13.0 Å². The molecule has 0 heterocycles. The van der Waals surface area contributed by atoms with Crippen LogP contribution in [0.15, 0.2) is 30.3 Å². The first-order valence-corrected chi connectivity index (χ1v) is 6.56. The van der Waals surface area contributed by atoms with Crippen molar-refractivity contribution < 1.29 is 4.79 Å². The van der Waals surface area contributed by atoms with Crippen molar-refractivity contribution in [2.75, 3.05) is 11.1 Å². The molecule has 0 aliphatic heterocycles. The number of nitrogens with one attached hydrogen (secondary N) is 1. The molecular formula is C14H13Cl2N3O. The van der Waals surface area contributed by atoms with Gasteiger partial charge in [-0.05, 0) is 36.8 Å². The zero-order valence-electron chi connectivity index (χ0n) is 10.7. The van der Waals surface area contributed by atoms with Gasteiger partial charge in [-0.2, -0.15) is 0 Å². The lowest BCUT2D eigenvalue weighted by Crippen LogP contribution is -2.11. The molecule has 4 nitrogen and oxygen atoms in total. The SMILES string of the molecule is Cc1ccc(Cl)c(Nc2cc(C(N)=O)ccc2N)c1Cl. The van der Waals surface area contributed by atoms with Crippen LogP contribution in [0.4, 0.5) is 17.1 Å². The van der Waals surface area contributed by atoms with Gasteiger partial charge in [0.05, 0.1) is 27.1 Å². The maximum atomic E-state index is 11.2. The second kappa shape index (κ2) is 5.61. The van der Waals surface area contributed by atoms with Gasteiger partial charge in [-0.15, -0.1) is 0 Å². The van der Waals surface area contributed by atoms with Gasteiger partial charge in [0.1, 0.15) is 0 Å². The van der Waals surface area contributed by atoms with E-state index in [1.54, 1.807) is 24.3 Å². The van der Waals surface area contributed by atoms with Crippen LogP contribution in [-0.2, 0) is 0 Å². The zero-order valence-corrected chi connectivity index (χ0v) is 12.2. The van der Waals surface area contributed by atoms with E-state index in [0.29, 0.717) is 32.7 Å². The first kappa shape index (κ1) is 14.5. The fourth-order valence-corrected chi connectivity index (χ4v) is 2.19. The van der Waals surface area contributed by atoms with E-state index in [9.17, 15) is 4.79 Å². The molecule has 1 amide bonds. The number of rotatable bonds is 3. The summed E-state index contributed by atoms with van der Waals surface area (Å²) in [5.74, 6) is -0.533. The Balaban J connectivity index is 2.47. The van der Waals surface area contributed by atoms with Crippen LogP contribution in [0.3, 0.4) is 0 Å². The van der Waals surface area contributed by atoms with E-state index < -0.39 is 5.91 Å². The quantitative estimate of drug-likeness (QED) is 0.756. The summed E-state index contributed by atoms with van der Waals surface area (Å²) >= 11 is 12.4. The molecule has 0 atom stereocenters. The molecule has 2 aromatic rings. The largest absolute Gasteiger partial charge is 0.397 e. The van der Waals surface area contributed by atoms with Crippen molar-refractivity contribution in [2.45, 2.75) is 6.92 Å². The van der Waals surface area contributed by atoms with Gasteiger partial charge in [-0.25, -0.2) is 0 Å². The Labute approximate surface area is 126 Å². The van der Waals surface area contributed by atoms with Crippen molar-refractivity contribution in [3.05, 3.63) is 51.5 Å². The third kappa shape index (κ3) is 2.81. The Bertz CT molecular complexity index is 686. The minimum absolute atomic E-state index is 0.349. The highest BCUT2D eigenvalue weighted by Gasteiger charge is 2.11. The van der Waals surface area contributed by atoms with Gasteiger partial charge in [-0.3, -0.25) is 4.79 Å². The van der Waals surface area contributed by atoms with Gasteiger partial charge in [-0.1, -0.05) is 29.3 Å². The molecule has 0 spiro atoms. The highest BCUT2D eigenvalue weighted by Crippen LogP contribution is 2.36. The minimum Gasteiger partial charge on any atom is -0.397 e. The van der Waals surface area contributed by atoms with Gasteiger partial charge in [0.15, 0.2) is 0 Å². The number of hydrogen-bond acceptors (Lipinski definition) is 3. The average Bonchev–Trinajstić information content (AvgIpc) is 2.41. The van der Waals surface area contributed by atoms with Crippen LogP contribution in [0.5, 0.6) is 0 Å². The van der Waals surface area contributed by atoms with Crippen molar-refractivity contribution in [2.24, 2.45) is 5.73 Å². The van der Waals surface area contributed by atoms with Crippen LogP contribution in [0.1, 0.15) is 15.9 Å². The molecule has 0 saturated heterocycles. The van der Waals surface area contributed by atoms with Crippen molar-refractivity contribution in [3.8, 4) is 0 Å². The van der Waals surface area contributed by atoms with Gasteiger partial charge < -0.3 is 16.8 Å². The number of aryl methyl sites for hydroxylation is 1. The Kier molecular flexibility index (Phi) is 4.06. The first-order chi connectivity index (χ1) is 9.40. The van der Waals surface area contributed by atoms with Gasteiger partial charge in [0.2, 0.25) is 5.91 Å². The van der Waals surface area contributed by atoms with Gasteiger partial charge in [0, 0.05) is 5.56 Å². The number of benzene rings is 2. The summed E-state index contributed by atoms with van der Waals surface area (Å²) in [5.41, 5.74) is 13.9. The predicted octanol–water partition coefficient (Wildman–Crippen LogP) is 3.73. The number of carbonyl (C=O) groups is 1. The number of amides is 1. The van der Waals surface area contributed by atoms with Crippen LogP contribution >= 0.6 is 23.2 Å². The summed E-state index contributed by atoms with van der Waals surface area (Å²) in [4.78, 5) is 11.2. The number of nitrogen functional groups attached to an aromatic ring is 1. The molecule has 0 aliphatic carbocycles. The lowest BCUT2D eigenvalue weighted by molar-refractivity contribution is 0.100. The van der Waals surface area contributed by atoms with E-state index in [0.717, 1.165) is 5.56 Å². The summed E-state index contributed by atoms with van der Waals surface area (Å²) in [6, 6.07) is 8.27. The molecule has 0 bridgehead atoms. The standard InChI is InChI=1S/C14H13Cl2N3O/c1-7-2-4-9(15)13(12(7)16)19-11-6-8(14(18)20)3-5-10(11)17/h2-6,19H,17H2,1H3,(H2,18,20). The summed E-state index contributed by atoms with van der Waals surface area (Å²) in [7, 11) is 0. The smallest absolute Gasteiger partial charge is 0.248 e. The molecule has 0 saturated carbocycles. The zero-order chi connectivity index (χ0) is 14.9. The molecule has 0 fully saturated rings. The van der Waals surface area contributed by atoms with E-state index in [2.05, 4.69) is 5.32 Å². The van der Waals surface area contributed by atoms with E-state index >= 15 is 0 Å². The molecule has 0 radical (unpaired) electrons.